The number of benzene rings is 2. The Bertz CT molecular complexity index is 2170. The van der Waals surface area contributed by atoms with Gasteiger partial charge < -0.3 is 35.0 Å². The highest BCUT2D eigenvalue weighted by atomic mass is 19.3. The van der Waals surface area contributed by atoms with Gasteiger partial charge in [-0.3, -0.25) is 24.5 Å². The first-order valence-electron chi connectivity index (χ1n) is 21.9. The number of nitrogens with zero attached hydrogens (tertiary/aromatic N) is 6. The maximum Gasteiger partial charge on any atom is 0.342 e. The Balaban J connectivity index is 0.814. The Hall–Kier alpha value is -5.45. The van der Waals surface area contributed by atoms with Gasteiger partial charge in [0.25, 0.3) is 11.8 Å². The number of ether oxygens (including phenoxy) is 1. The summed E-state index contributed by atoms with van der Waals surface area (Å²) in [7, 11) is 4.98. The van der Waals surface area contributed by atoms with Gasteiger partial charge in [0.05, 0.1) is 37.1 Å². The lowest BCUT2D eigenvalue weighted by atomic mass is 9.85. The van der Waals surface area contributed by atoms with Crippen molar-refractivity contribution in [2.45, 2.75) is 107 Å². The number of nitrogens with one attached hydrogen (secondary N) is 3. The van der Waals surface area contributed by atoms with E-state index in [1.165, 1.54) is 26.4 Å². The van der Waals surface area contributed by atoms with Gasteiger partial charge in [0, 0.05) is 56.8 Å². The van der Waals surface area contributed by atoms with Gasteiger partial charge in [0.2, 0.25) is 17.8 Å². The Morgan fingerprint density at radius 1 is 0.968 bits per heavy atom. The second kappa shape index (κ2) is 18.1. The summed E-state index contributed by atoms with van der Waals surface area (Å²) in [5, 5.41) is 8.69. The number of rotatable bonds is 11. The van der Waals surface area contributed by atoms with E-state index in [9.17, 15) is 19.2 Å². The van der Waals surface area contributed by atoms with Gasteiger partial charge in [0.15, 0.2) is 5.82 Å². The van der Waals surface area contributed by atoms with Gasteiger partial charge in [-0.2, -0.15) is 13.8 Å². The van der Waals surface area contributed by atoms with E-state index in [1.807, 2.05) is 0 Å². The smallest absolute Gasteiger partial charge is 0.342 e. The quantitative estimate of drug-likeness (QED) is 0.191. The lowest BCUT2D eigenvalue weighted by molar-refractivity contribution is -0.140. The third-order valence-corrected chi connectivity index (χ3v) is 13.6. The zero-order chi connectivity index (χ0) is 43.7. The fraction of sp³-hybridized carbons (Fsp3) is 0.556. The van der Waals surface area contributed by atoms with Gasteiger partial charge in [-0.05, 0) is 107 Å². The van der Waals surface area contributed by atoms with Crippen LogP contribution in [0.4, 0.5) is 42.0 Å². The molecule has 3 aromatic rings. The van der Waals surface area contributed by atoms with Crippen LogP contribution in [0.2, 0.25) is 0 Å². The van der Waals surface area contributed by atoms with Crippen LogP contribution in [-0.4, -0.2) is 110 Å². The average Bonchev–Trinajstić information content (AvgIpc) is 3.79. The number of amides is 4. The van der Waals surface area contributed by atoms with Crippen LogP contribution >= 0.6 is 0 Å². The first-order chi connectivity index (χ1) is 29.8. The zero-order valence-corrected chi connectivity index (χ0v) is 35.6. The lowest BCUT2D eigenvalue weighted by Crippen LogP contribution is -2.48. The summed E-state index contributed by atoms with van der Waals surface area (Å²) in [4.78, 5) is 66.0. The van der Waals surface area contributed by atoms with Gasteiger partial charge in [0.1, 0.15) is 17.3 Å². The molecule has 4 heterocycles. The molecule has 2 saturated heterocycles. The van der Waals surface area contributed by atoms with E-state index in [0.29, 0.717) is 46.6 Å². The molecule has 2 aliphatic carbocycles. The van der Waals surface area contributed by atoms with Crippen LogP contribution in [-0.2, 0) is 14.4 Å². The van der Waals surface area contributed by atoms with Crippen molar-refractivity contribution < 1.29 is 37.1 Å². The highest BCUT2D eigenvalue weighted by Gasteiger charge is 2.49. The van der Waals surface area contributed by atoms with Crippen LogP contribution in [0.15, 0.2) is 42.6 Å². The van der Waals surface area contributed by atoms with Crippen molar-refractivity contribution in [1.29, 1.82) is 0 Å². The topological polar surface area (TPSA) is 152 Å². The number of carbonyl (C=O) groups is 4. The molecule has 0 spiro atoms. The van der Waals surface area contributed by atoms with Crippen molar-refractivity contribution in [2.24, 2.45) is 5.92 Å². The minimum Gasteiger partial charge on any atom is -0.495 e. The normalized spacial score (nSPS) is 23.6. The largest absolute Gasteiger partial charge is 0.495 e. The number of methoxy groups -OCH3 is 1. The molecule has 332 valence electrons. The van der Waals surface area contributed by atoms with Gasteiger partial charge in [-0.1, -0.05) is 18.9 Å². The van der Waals surface area contributed by atoms with E-state index in [1.54, 1.807) is 35.2 Å². The molecule has 2 saturated carbocycles. The number of carbonyl (C=O) groups excluding carboxylic acids is 4. The standard InChI is InChI=1S/C45H56F3N9O5/c1-54(31-18-20-56(21-19-31)36-16-11-28(22-34(36)46)33-14-17-39(58)52-42(33)60)25-27-8-12-30(13-9-27)50-41(59)29-10-15-35(38(23-29)62-3)51-44-49-24-37-40(53-44)57(32-6-4-5-7-32)26-45(47,48)43(61)55(37)2/h10-11,15-16,22-24,27,30-33H,4-9,12-14,17-21,25-26H2,1-3H3,(H,50,59)(H,49,51,53)(H,52,58,60). The lowest BCUT2D eigenvalue weighted by Gasteiger charge is -2.40. The van der Waals surface area contributed by atoms with Crippen LogP contribution in [0.5, 0.6) is 5.75 Å². The second-order valence-electron chi connectivity index (χ2n) is 17.6. The third kappa shape index (κ3) is 9.18. The number of fused-ring (bicyclic) bond motifs is 1. The molecule has 1 unspecified atom stereocenters. The van der Waals surface area contributed by atoms with Crippen molar-refractivity contribution >= 4 is 52.5 Å². The molecule has 17 heteroatoms. The molecule has 5 aliphatic rings. The molecule has 2 aromatic carbocycles. The second-order valence-corrected chi connectivity index (χ2v) is 17.6. The number of hydrogen-bond donors (Lipinski definition) is 3. The summed E-state index contributed by atoms with van der Waals surface area (Å²) in [6.07, 6.45) is 10.9. The molecule has 3 N–H and O–H groups in total. The number of alkyl halides is 2. The minimum atomic E-state index is -3.58. The minimum absolute atomic E-state index is 0.0422. The Morgan fingerprint density at radius 2 is 1.71 bits per heavy atom. The number of piperidine rings is 2. The van der Waals surface area contributed by atoms with Crippen molar-refractivity contribution in [3.8, 4) is 5.75 Å². The predicted octanol–water partition coefficient (Wildman–Crippen LogP) is 6.14. The van der Waals surface area contributed by atoms with Crippen molar-refractivity contribution in [3.63, 3.8) is 0 Å². The van der Waals surface area contributed by atoms with E-state index in [2.05, 4.69) is 42.8 Å². The molecule has 4 amide bonds. The third-order valence-electron chi connectivity index (χ3n) is 13.6. The van der Waals surface area contributed by atoms with Crippen LogP contribution in [0.3, 0.4) is 0 Å². The van der Waals surface area contributed by atoms with Gasteiger partial charge in [-0.15, -0.1) is 0 Å². The zero-order valence-electron chi connectivity index (χ0n) is 35.6. The maximum atomic E-state index is 15.3. The van der Waals surface area contributed by atoms with Crippen LogP contribution < -0.4 is 35.4 Å². The molecule has 8 rings (SSSR count). The summed E-state index contributed by atoms with van der Waals surface area (Å²) in [5.41, 5.74) is 2.28. The summed E-state index contributed by atoms with van der Waals surface area (Å²) < 4.78 is 51.1. The summed E-state index contributed by atoms with van der Waals surface area (Å²) in [5.74, 6) is -5.28. The van der Waals surface area contributed by atoms with Crippen LogP contribution in [0.1, 0.15) is 98.9 Å². The highest BCUT2D eigenvalue weighted by molar-refractivity contribution is 6.02. The number of hydrogen-bond acceptors (Lipinski definition) is 11. The van der Waals surface area contributed by atoms with Crippen LogP contribution in [0, 0.1) is 11.7 Å². The van der Waals surface area contributed by atoms with E-state index < -0.39 is 24.3 Å². The first kappa shape index (κ1) is 43.2. The number of halogens is 3. The van der Waals surface area contributed by atoms with E-state index in [4.69, 9.17) is 4.74 Å². The number of anilines is 5. The van der Waals surface area contributed by atoms with Crippen LogP contribution in [0.25, 0.3) is 0 Å². The maximum absolute atomic E-state index is 15.3. The van der Waals surface area contributed by atoms with E-state index in [-0.39, 0.29) is 59.5 Å². The highest BCUT2D eigenvalue weighted by Crippen LogP contribution is 2.40. The fourth-order valence-corrected chi connectivity index (χ4v) is 10.0. The van der Waals surface area contributed by atoms with E-state index in [0.717, 1.165) is 88.7 Å². The molecular weight excluding hydrogens is 804 g/mol. The molecule has 0 bridgehead atoms. The Kier molecular flexibility index (Phi) is 12.6. The molecule has 3 aliphatic heterocycles. The molecule has 4 fully saturated rings. The Labute approximate surface area is 359 Å². The Morgan fingerprint density at radius 3 is 2.40 bits per heavy atom. The SMILES string of the molecule is COc1cc(C(=O)NC2CCC(CN(C)C3CCN(c4ccc(C5CCC(=O)NC5=O)cc4F)CC3)CC2)ccc1Nc1ncc2c(n1)N(C1CCCC1)CC(F)(F)C(=O)N2C. The molecule has 1 aromatic heterocycles. The predicted molar refractivity (Wildman–Crippen MR) is 229 cm³/mol. The monoisotopic (exact) mass is 859 g/mol. The fourth-order valence-electron chi connectivity index (χ4n) is 10.0. The average molecular weight is 860 g/mol. The van der Waals surface area contributed by atoms with Crippen molar-refractivity contribution in [2.75, 3.05) is 67.4 Å². The molecular formula is C45H56F3N9O5. The molecule has 0 radical (unpaired) electrons. The first-order valence-corrected chi connectivity index (χ1v) is 21.9. The molecule has 62 heavy (non-hydrogen) atoms. The number of imide groups is 1. The summed E-state index contributed by atoms with van der Waals surface area (Å²) in [6, 6.07) is 10.3. The molecule has 1 atom stereocenters. The van der Waals surface area contributed by atoms with Crippen molar-refractivity contribution in [3.05, 3.63) is 59.5 Å². The van der Waals surface area contributed by atoms with E-state index >= 15 is 13.2 Å². The van der Waals surface area contributed by atoms with Gasteiger partial charge in [-0.25, -0.2) is 9.37 Å². The van der Waals surface area contributed by atoms with Gasteiger partial charge >= 0.3 is 5.92 Å². The molecule has 14 nitrogen and oxygen atoms in total. The summed E-state index contributed by atoms with van der Waals surface area (Å²) in [6.45, 7) is 1.67. The number of aromatic nitrogens is 2. The summed E-state index contributed by atoms with van der Waals surface area (Å²) >= 11 is 0. The van der Waals surface area contributed by atoms with Crippen molar-refractivity contribution in [1.82, 2.24) is 25.5 Å².